The van der Waals surface area contributed by atoms with E-state index in [2.05, 4.69) is 15.9 Å². The van der Waals surface area contributed by atoms with Crippen molar-refractivity contribution in [1.82, 2.24) is 4.90 Å². The van der Waals surface area contributed by atoms with Gasteiger partial charge < -0.3 is 28.5 Å². The van der Waals surface area contributed by atoms with Crippen molar-refractivity contribution >= 4 is 59.1 Å². The van der Waals surface area contributed by atoms with E-state index >= 15 is 8.90 Å². The first-order chi connectivity index (χ1) is 25.4. The van der Waals surface area contributed by atoms with Gasteiger partial charge in [0.25, 0.3) is 11.8 Å². The van der Waals surface area contributed by atoms with Crippen molar-refractivity contribution in [1.29, 1.82) is 0 Å². The van der Waals surface area contributed by atoms with E-state index in [9.17, 15) is 14.7 Å². The number of benzene rings is 4. The number of halogens is 2. The Kier molecular flexibility index (Phi) is 9.08. The second-order valence-corrected chi connectivity index (χ2v) is 19.7. The van der Waals surface area contributed by atoms with Crippen molar-refractivity contribution in [3.05, 3.63) is 112 Å². The van der Waals surface area contributed by atoms with E-state index in [0.717, 1.165) is 22.9 Å². The number of aliphatic hydroxyl groups excluding tert-OH is 1. The highest BCUT2D eigenvalue weighted by molar-refractivity contribution is 9.10. The molecule has 0 radical (unpaired) electrons. The minimum atomic E-state index is -3.50. The molecule has 0 aliphatic carbocycles. The molecule has 0 unspecified atom stereocenters. The van der Waals surface area contributed by atoms with E-state index in [0.29, 0.717) is 46.2 Å². The smallest absolute Gasteiger partial charge is 0.266 e. The van der Waals surface area contributed by atoms with Crippen LogP contribution in [0.25, 0.3) is 0 Å². The van der Waals surface area contributed by atoms with Crippen LogP contribution >= 0.6 is 15.9 Å². The Morgan fingerprint density at radius 1 is 0.981 bits per heavy atom. The lowest BCUT2D eigenvalue weighted by molar-refractivity contribution is -0.150. The maximum absolute atomic E-state index is 16.4. The molecule has 3 amide bonds. The zero-order valence-electron chi connectivity index (χ0n) is 29.8. The zero-order chi connectivity index (χ0) is 37.2. The Morgan fingerprint density at radius 2 is 1.74 bits per heavy atom. The number of carbonyl (C=O) groups excluding carboxylic acids is 3. The van der Waals surface area contributed by atoms with Crippen LogP contribution in [-0.4, -0.2) is 61.4 Å². The normalized spacial score (nSPS) is 25.0. The highest BCUT2D eigenvalue weighted by Gasteiger charge is 2.67. The van der Waals surface area contributed by atoms with Gasteiger partial charge in [0.15, 0.2) is 11.4 Å². The molecule has 4 aromatic rings. The summed E-state index contributed by atoms with van der Waals surface area (Å²) >= 11 is 3.60. The van der Waals surface area contributed by atoms with Gasteiger partial charge in [0.2, 0.25) is 14.3 Å². The Hall–Kier alpha value is -4.36. The topological polar surface area (TPSA) is 99.6 Å². The fourth-order valence-corrected chi connectivity index (χ4v) is 11.9. The second-order valence-electron chi connectivity index (χ2n) is 15.0. The number of hydrogen-bond acceptors (Lipinski definition) is 6. The summed E-state index contributed by atoms with van der Waals surface area (Å²) in [7, 11) is -3.50. The first-order valence-corrected chi connectivity index (χ1v) is 21.9. The van der Waals surface area contributed by atoms with Crippen molar-refractivity contribution < 1.29 is 33.1 Å². The highest BCUT2D eigenvalue weighted by Crippen LogP contribution is 2.60. The number of anilines is 3. The highest BCUT2D eigenvalue weighted by atomic mass is 79.9. The molecule has 2 fully saturated rings. The van der Waals surface area contributed by atoms with E-state index < -0.39 is 31.6 Å². The zero-order valence-corrected chi connectivity index (χ0v) is 32.4. The molecular formula is C41H41BrFN3O6Si. The summed E-state index contributed by atoms with van der Waals surface area (Å²) in [5, 5.41) is 9.90. The van der Waals surface area contributed by atoms with E-state index in [1.54, 1.807) is 46.0 Å². The first-order valence-electron chi connectivity index (χ1n) is 18.1. The van der Waals surface area contributed by atoms with Crippen LogP contribution in [0.4, 0.5) is 21.2 Å². The van der Waals surface area contributed by atoms with Crippen LogP contribution in [0.1, 0.15) is 47.7 Å². The number of hydrogen-bond donors (Lipinski definition) is 1. The van der Waals surface area contributed by atoms with E-state index in [4.69, 9.17) is 9.47 Å². The van der Waals surface area contributed by atoms with Crippen molar-refractivity contribution in [2.24, 2.45) is 5.92 Å². The van der Waals surface area contributed by atoms with Crippen LogP contribution in [0.2, 0.25) is 18.6 Å². The quantitative estimate of drug-likeness (QED) is 0.150. The Balaban J connectivity index is 1.15. The van der Waals surface area contributed by atoms with Gasteiger partial charge in [-0.05, 0) is 86.1 Å². The maximum atomic E-state index is 16.4. The molecule has 9 nitrogen and oxygen atoms in total. The van der Waals surface area contributed by atoms with Crippen LogP contribution in [0.3, 0.4) is 0 Å². The Bertz CT molecular complexity index is 2130. The first kappa shape index (κ1) is 35.7. The Morgan fingerprint density at radius 3 is 2.51 bits per heavy atom. The third kappa shape index (κ3) is 5.90. The number of fused-ring (bicyclic) bond motifs is 4. The fraction of sp³-hybridized carbons (Fsp3) is 0.341. The number of amides is 3. The van der Waals surface area contributed by atoms with Crippen molar-refractivity contribution in [2.45, 2.75) is 69.1 Å². The van der Waals surface area contributed by atoms with Crippen LogP contribution < -0.4 is 14.5 Å². The molecule has 1 N–H and O–H groups in total. The molecule has 0 saturated carbocycles. The summed E-state index contributed by atoms with van der Waals surface area (Å²) in [6.07, 6.45) is 0.633. The number of nitrogens with zero attached hydrogens (tertiary/aromatic N) is 3. The standard InChI is InChI=1S/C41H41BrFN3O6Si/c1-25-38(53(2,3)43)36(22-37(48)44-19-9-12-29(44)24-47)52-41(25)31-21-27(42)17-18-32(31)45(40(41)50)23-26-10-8-11-28(20-26)46-33-14-5-7-16-35(33)51-34-15-6-4-13-30(34)39(46)49/h4-8,10-11,13-18,20-21,25,29,36,38,47H,9,12,19,22-24H2,1-3H3/t25-,29-,36+,38-,41+/m0/s1. The summed E-state index contributed by atoms with van der Waals surface area (Å²) in [5.41, 5.74) is 1.53. The lowest BCUT2D eigenvalue weighted by Crippen LogP contribution is -2.45. The van der Waals surface area contributed by atoms with Crippen molar-refractivity contribution in [3.63, 3.8) is 0 Å². The number of likely N-dealkylation sites (tertiary alicyclic amines) is 1. The lowest BCUT2D eigenvalue weighted by Gasteiger charge is -2.31. The van der Waals surface area contributed by atoms with Gasteiger partial charge >= 0.3 is 0 Å². The predicted octanol–water partition coefficient (Wildman–Crippen LogP) is 8.23. The van der Waals surface area contributed by atoms with E-state index in [-0.39, 0.29) is 43.3 Å². The van der Waals surface area contributed by atoms with Crippen LogP contribution in [0, 0.1) is 5.92 Å². The second kappa shape index (κ2) is 13.5. The average molecular weight is 799 g/mol. The lowest BCUT2D eigenvalue weighted by atomic mass is 9.82. The molecule has 0 bridgehead atoms. The SMILES string of the molecule is C[C@H]1[C@H]([Si](C)(C)F)[C@@H](CC(=O)N2CCC[C@H]2CO)O[C@]12C(=O)N(Cc1cccc(N3C(=O)c4ccccc4Oc4ccccc43)c1)c1ccc(Br)cc12. The van der Waals surface area contributed by atoms with Gasteiger partial charge in [-0.3, -0.25) is 19.3 Å². The van der Waals surface area contributed by atoms with E-state index in [1.807, 2.05) is 79.7 Å². The third-order valence-electron chi connectivity index (χ3n) is 11.4. The van der Waals surface area contributed by atoms with Gasteiger partial charge in [0.1, 0.15) is 5.75 Å². The van der Waals surface area contributed by atoms with Crippen LogP contribution in [0.15, 0.2) is 95.5 Å². The summed E-state index contributed by atoms with van der Waals surface area (Å²) in [6, 6.07) is 27.4. The van der Waals surface area contributed by atoms with Crippen LogP contribution in [-0.2, 0) is 26.5 Å². The van der Waals surface area contributed by atoms with Gasteiger partial charge in [-0.2, -0.15) is 0 Å². The number of ether oxygens (including phenoxy) is 2. The maximum Gasteiger partial charge on any atom is 0.266 e. The van der Waals surface area contributed by atoms with Crippen molar-refractivity contribution in [2.75, 3.05) is 23.0 Å². The summed E-state index contributed by atoms with van der Waals surface area (Å²) in [5.74, 6) is -0.303. The average Bonchev–Trinajstić information content (AvgIpc) is 3.77. The van der Waals surface area contributed by atoms with Gasteiger partial charge in [-0.25, -0.2) is 0 Å². The summed E-state index contributed by atoms with van der Waals surface area (Å²) < 4.78 is 30.2. The van der Waals surface area contributed by atoms with Gasteiger partial charge in [-0.1, -0.05) is 59.3 Å². The molecule has 8 rings (SSSR count). The van der Waals surface area contributed by atoms with Gasteiger partial charge in [0, 0.05) is 33.7 Å². The Labute approximate surface area is 317 Å². The molecule has 2 saturated heterocycles. The number of para-hydroxylation sites is 3. The molecule has 4 heterocycles. The monoisotopic (exact) mass is 797 g/mol. The molecule has 5 atom stereocenters. The minimum Gasteiger partial charge on any atom is -0.454 e. The number of rotatable bonds is 7. The summed E-state index contributed by atoms with van der Waals surface area (Å²) in [6.45, 7) is 5.69. The molecule has 4 aromatic carbocycles. The molecule has 274 valence electrons. The number of carbonyl (C=O) groups is 3. The molecule has 0 aromatic heterocycles. The third-order valence-corrected chi connectivity index (χ3v) is 14.3. The largest absolute Gasteiger partial charge is 0.454 e. The fourth-order valence-electron chi connectivity index (χ4n) is 9.06. The molecule has 4 aliphatic heterocycles. The number of aliphatic hydroxyl groups is 1. The molecule has 1 spiro atoms. The van der Waals surface area contributed by atoms with Gasteiger partial charge in [-0.15, -0.1) is 0 Å². The van der Waals surface area contributed by atoms with Crippen molar-refractivity contribution in [3.8, 4) is 11.5 Å². The molecule has 4 aliphatic rings. The van der Waals surface area contributed by atoms with Gasteiger partial charge in [0.05, 0.1) is 48.7 Å². The van der Waals surface area contributed by atoms with Crippen LogP contribution in [0.5, 0.6) is 11.5 Å². The predicted molar refractivity (Wildman–Crippen MR) is 206 cm³/mol. The minimum absolute atomic E-state index is 0.0650. The van der Waals surface area contributed by atoms with E-state index in [1.165, 1.54) is 0 Å². The molecular weight excluding hydrogens is 757 g/mol. The molecule has 53 heavy (non-hydrogen) atoms. The summed E-state index contributed by atoms with van der Waals surface area (Å²) in [4.78, 5) is 47.8. The molecule has 12 heteroatoms.